The van der Waals surface area contributed by atoms with Gasteiger partial charge in [-0.1, -0.05) is 6.92 Å². The fourth-order valence-electron chi connectivity index (χ4n) is 3.46. The van der Waals surface area contributed by atoms with Gasteiger partial charge in [-0.15, -0.1) is 0 Å². The van der Waals surface area contributed by atoms with E-state index in [-0.39, 0.29) is 12.0 Å². The van der Waals surface area contributed by atoms with E-state index >= 15 is 0 Å². The molecule has 1 aliphatic carbocycles. The molecule has 0 spiro atoms. The zero-order valence-electron chi connectivity index (χ0n) is 15.2. The van der Waals surface area contributed by atoms with Crippen molar-refractivity contribution in [2.45, 2.75) is 45.3 Å². The van der Waals surface area contributed by atoms with Crippen molar-refractivity contribution in [1.82, 2.24) is 15.2 Å². The van der Waals surface area contributed by atoms with Gasteiger partial charge in [-0.3, -0.25) is 9.69 Å². The molecule has 0 unspecified atom stereocenters. The molecule has 138 valence electrons. The number of rotatable bonds is 6. The lowest BCUT2D eigenvalue weighted by Gasteiger charge is -2.33. The lowest BCUT2D eigenvalue weighted by molar-refractivity contribution is -0.0293. The minimum absolute atomic E-state index is 0.0132. The van der Waals surface area contributed by atoms with Crippen LogP contribution in [-0.2, 0) is 15.9 Å². The average Bonchev–Trinajstić information content (AvgIpc) is 3.42. The molecular weight excluding hydrogens is 322 g/mol. The fraction of sp³-hybridized carbons (Fsp3) is 0.667. The topological polar surface area (TPSA) is 83.7 Å². The Morgan fingerprint density at radius 1 is 1.40 bits per heavy atom. The molecule has 1 atom stereocenters. The van der Waals surface area contributed by atoms with Crippen LogP contribution in [0.2, 0.25) is 0 Å². The van der Waals surface area contributed by atoms with Gasteiger partial charge >= 0.3 is 5.97 Å². The average molecular weight is 349 g/mol. The highest BCUT2D eigenvalue weighted by molar-refractivity contribution is 6.00. The highest BCUT2D eigenvalue weighted by Crippen LogP contribution is 2.28. The maximum Gasteiger partial charge on any atom is 0.339 e. The molecule has 2 fully saturated rings. The van der Waals surface area contributed by atoms with Crippen LogP contribution in [0.1, 0.15) is 51.9 Å². The Bertz CT molecular complexity index is 651. The van der Waals surface area contributed by atoms with Gasteiger partial charge in [-0.25, -0.2) is 4.79 Å². The molecule has 1 amide bonds. The molecule has 2 aliphatic rings. The first-order chi connectivity index (χ1) is 12.0. The summed E-state index contributed by atoms with van der Waals surface area (Å²) in [7, 11) is 1.35. The summed E-state index contributed by atoms with van der Waals surface area (Å²) in [5, 5.41) is 2.94. The first-order valence-electron chi connectivity index (χ1n) is 8.98. The van der Waals surface area contributed by atoms with Gasteiger partial charge in [-0.2, -0.15) is 0 Å². The number of ether oxygens (including phenoxy) is 2. The number of carbonyl (C=O) groups is 2. The molecule has 0 bridgehead atoms. The van der Waals surface area contributed by atoms with Crippen molar-refractivity contribution < 1.29 is 19.1 Å². The van der Waals surface area contributed by atoms with Gasteiger partial charge in [0.1, 0.15) is 5.69 Å². The third-order valence-corrected chi connectivity index (χ3v) is 5.02. The summed E-state index contributed by atoms with van der Waals surface area (Å²) < 4.78 is 10.6. The van der Waals surface area contributed by atoms with Crippen molar-refractivity contribution in [3.05, 3.63) is 22.5 Å². The molecular formula is C18H27N3O4. The number of hydrogen-bond acceptors (Lipinski definition) is 5. The van der Waals surface area contributed by atoms with Crippen molar-refractivity contribution in [2.24, 2.45) is 0 Å². The molecule has 25 heavy (non-hydrogen) atoms. The molecule has 0 aromatic carbocycles. The summed E-state index contributed by atoms with van der Waals surface area (Å²) in [5.41, 5.74) is 2.24. The van der Waals surface area contributed by atoms with Crippen LogP contribution in [0.25, 0.3) is 0 Å². The molecule has 0 radical (unpaired) electrons. The summed E-state index contributed by atoms with van der Waals surface area (Å²) in [5.74, 6) is -0.630. The van der Waals surface area contributed by atoms with E-state index in [1.807, 2.05) is 6.92 Å². The van der Waals surface area contributed by atoms with Crippen molar-refractivity contribution in [3.8, 4) is 0 Å². The van der Waals surface area contributed by atoms with Gasteiger partial charge < -0.3 is 19.8 Å². The maximum atomic E-state index is 12.6. The second-order valence-electron chi connectivity index (χ2n) is 6.75. The van der Waals surface area contributed by atoms with Crippen molar-refractivity contribution in [3.63, 3.8) is 0 Å². The van der Waals surface area contributed by atoms with E-state index in [2.05, 4.69) is 15.2 Å². The van der Waals surface area contributed by atoms with Gasteiger partial charge in [0.05, 0.1) is 25.4 Å². The fourth-order valence-corrected chi connectivity index (χ4v) is 3.46. The zero-order chi connectivity index (χ0) is 18.0. The Balaban J connectivity index is 1.63. The van der Waals surface area contributed by atoms with E-state index < -0.39 is 5.97 Å². The molecule has 7 heteroatoms. The van der Waals surface area contributed by atoms with E-state index in [0.717, 1.165) is 18.8 Å². The first kappa shape index (κ1) is 17.9. The third-order valence-electron chi connectivity index (χ3n) is 5.02. The van der Waals surface area contributed by atoms with Gasteiger partial charge in [0.2, 0.25) is 0 Å². The van der Waals surface area contributed by atoms with Crippen LogP contribution in [-0.4, -0.2) is 67.3 Å². The second kappa shape index (κ2) is 7.58. The number of carbonyl (C=O) groups excluding carboxylic acids is 2. The maximum absolute atomic E-state index is 12.6. The van der Waals surface area contributed by atoms with Crippen LogP contribution >= 0.6 is 0 Å². The SMILES string of the molecule is CCc1[nH]c(C(=O)NC[C@@H]2CN(C3CC3)CCO2)c(C)c1C(=O)OC. The number of esters is 1. The van der Waals surface area contributed by atoms with Gasteiger partial charge in [0, 0.05) is 31.4 Å². The third kappa shape index (κ3) is 3.88. The van der Waals surface area contributed by atoms with Gasteiger partial charge in [-0.05, 0) is 31.7 Å². The van der Waals surface area contributed by atoms with Crippen LogP contribution < -0.4 is 5.32 Å². The van der Waals surface area contributed by atoms with Crippen molar-refractivity contribution in [2.75, 3.05) is 33.4 Å². The van der Waals surface area contributed by atoms with Crippen LogP contribution in [0, 0.1) is 6.92 Å². The lowest BCUT2D eigenvalue weighted by Crippen LogP contribution is -2.48. The standard InChI is InChI=1S/C18H27N3O4/c1-4-14-15(18(23)24-3)11(2)16(20-14)17(22)19-9-13-10-21(7-8-25-13)12-5-6-12/h12-13,20H,4-10H2,1-3H3,(H,19,22)/t13-/m1/s1. The Kier molecular flexibility index (Phi) is 5.44. The number of H-pyrrole nitrogens is 1. The summed E-state index contributed by atoms with van der Waals surface area (Å²) in [6.07, 6.45) is 3.19. The summed E-state index contributed by atoms with van der Waals surface area (Å²) in [6.45, 7) is 6.72. The molecule has 3 rings (SSSR count). The predicted octanol–water partition coefficient (Wildman–Crippen LogP) is 1.27. The molecule has 1 aromatic heterocycles. The van der Waals surface area contributed by atoms with E-state index in [9.17, 15) is 9.59 Å². The Morgan fingerprint density at radius 2 is 2.16 bits per heavy atom. The quantitative estimate of drug-likeness (QED) is 0.756. The number of aromatic amines is 1. The Labute approximate surface area is 148 Å². The lowest BCUT2D eigenvalue weighted by atomic mass is 10.1. The molecule has 1 saturated carbocycles. The van der Waals surface area contributed by atoms with E-state index in [4.69, 9.17) is 9.47 Å². The number of aryl methyl sites for hydroxylation is 1. The van der Waals surface area contributed by atoms with Crippen LogP contribution in [0.15, 0.2) is 0 Å². The predicted molar refractivity (Wildman–Crippen MR) is 92.9 cm³/mol. The summed E-state index contributed by atoms with van der Waals surface area (Å²) in [6, 6.07) is 0.711. The minimum Gasteiger partial charge on any atom is -0.465 e. The number of amides is 1. The number of nitrogens with zero attached hydrogens (tertiary/aromatic N) is 1. The largest absolute Gasteiger partial charge is 0.465 e. The smallest absolute Gasteiger partial charge is 0.339 e. The number of methoxy groups -OCH3 is 1. The number of hydrogen-bond donors (Lipinski definition) is 2. The molecule has 2 heterocycles. The van der Waals surface area contributed by atoms with Crippen LogP contribution in [0.3, 0.4) is 0 Å². The van der Waals surface area contributed by atoms with Crippen LogP contribution in [0.5, 0.6) is 0 Å². The highest BCUT2D eigenvalue weighted by atomic mass is 16.5. The zero-order valence-corrected chi connectivity index (χ0v) is 15.2. The molecule has 1 aliphatic heterocycles. The monoisotopic (exact) mass is 349 g/mol. The summed E-state index contributed by atoms with van der Waals surface area (Å²) in [4.78, 5) is 30.1. The van der Waals surface area contributed by atoms with Crippen molar-refractivity contribution in [1.29, 1.82) is 0 Å². The van der Waals surface area contributed by atoms with Crippen LogP contribution in [0.4, 0.5) is 0 Å². The number of aromatic nitrogens is 1. The number of morpholine rings is 1. The Hall–Kier alpha value is -1.86. The van der Waals surface area contributed by atoms with Gasteiger partial charge in [0.25, 0.3) is 5.91 Å². The molecule has 1 aromatic rings. The molecule has 1 saturated heterocycles. The first-order valence-corrected chi connectivity index (χ1v) is 8.98. The molecule has 7 nitrogen and oxygen atoms in total. The van der Waals surface area contributed by atoms with E-state index in [0.29, 0.717) is 42.4 Å². The Morgan fingerprint density at radius 3 is 2.80 bits per heavy atom. The summed E-state index contributed by atoms with van der Waals surface area (Å²) >= 11 is 0. The second-order valence-corrected chi connectivity index (χ2v) is 6.75. The minimum atomic E-state index is -0.416. The van der Waals surface area contributed by atoms with E-state index in [1.165, 1.54) is 20.0 Å². The van der Waals surface area contributed by atoms with Gasteiger partial charge in [0.15, 0.2) is 0 Å². The van der Waals surface area contributed by atoms with Crippen molar-refractivity contribution >= 4 is 11.9 Å². The highest BCUT2D eigenvalue weighted by Gasteiger charge is 2.33. The van der Waals surface area contributed by atoms with E-state index in [1.54, 1.807) is 6.92 Å². The molecule has 2 N–H and O–H groups in total. The normalized spacial score (nSPS) is 21.2. The number of nitrogens with one attached hydrogen (secondary N) is 2.